The first-order chi connectivity index (χ1) is 12.3. The molecule has 0 bridgehead atoms. The second kappa shape index (κ2) is 6.26. The second-order valence-electron chi connectivity index (χ2n) is 6.64. The van der Waals surface area contributed by atoms with E-state index in [9.17, 15) is 0 Å². The van der Waals surface area contributed by atoms with Crippen molar-refractivity contribution in [2.75, 3.05) is 13.1 Å². The van der Waals surface area contributed by atoms with E-state index in [0.717, 1.165) is 40.3 Å². The summed E-state index contributed by atoms with van der Waals surface area (Å²) < 4.78 is 9.34. The van der Waals surface area contributed by atoms with Gasteiger partial charge in [-0.2, -0.15) is 0 Å². The van der Waals surface area contributed by atoms with Crippen LogP contribution in [-0.2, 0) is 0 Å². The van der Waals surface area contributed by atoms with Gasteiger partial charge in [0, 0.05) is 41.5 Å². The summed E-state index contributed by atoms with van der Waals surface area (Å²) in [5.74, 6) is 1.69. The van der Waals surface area contributed by atoms with Crippen LogP contribution < -0.4 is 4.72 Å². The molecule has 2 aliphatic heterocycles. The molecular formula is C17H19N5OS2. The van der Waals surface area contributed by atoms with Crippen LogP contribution in [0.4, 0.5) is 0 Å². The number of rotatable bonds is 5. The van der Waals surface area contributed by atoms with Crippen molar-refractivity contribution in [2.45, 2.75) is 37.5 Å². The lowest BCUT2D eigenvalue weighted by Crippen LogP contribution is -2.35. The lowest BCUT2D eigenvalue weighted by Gasteiger charge is -2.26. The van der Waals surface area contributed by atoms with Gasteiger partial charge in [-0.25, -0.2) is 9.97 Å². The van der Waals surface area contributed by atoms with Crippen LogP contribution in [-0.4, -0.2) is 45.1 Å². The van der Waals surface area contributed by atoms with Gasteiger partial charge in [0.05, 0.1) is 17.8 Å². The number of aromatic nitrogens is 2. The first-order valence-electron chi connectivity index (χ1n) is 8.55. The van der Waals surface area contributed by atoms with E-state index in [2.05, 4.69) is 19.6 Å². The molecule has 8 heteroatoms. The molecule has 0 radical (unpaired) electrons. The van der Waals surface area contributed by atoms with Gasteiger partial charge in [-0.1, -0.05) is 11.9 Å². The average Bonchev–Trinajstić information content (AvgIpc) is 3.03. The van der Waals surface area contributed by atoms with E-state index < -0.39 is 0 Å². The van der Waals surface area contributed by atoms with Crippen LogP contribution in [0.5, 0.6) is 0 Å². The van der Waals surface area contributed by atoms with Crippen molar-refractivity contribution in [1.82, 2.24) is 19.6 Å². The third-order valence-corrected chi connectivity index (χ3v) is 6.63. The summed E-state index contributed by atoms with van der Waals surface area (Å²) in [4.78, 5) is 16.1. The first-order valence-corrected chi connectivity index (χ1v) is 10.3. The molecule has 1 atom stereocenters. The smallest absolute Gasteiger partial charge is 0.225 e. The van der Waals surface area contributed by atoms with Crippen molar-refractivity contribution in [1.29, 1.82) is 0 Å². The monoisotopic (exact) mass is 373 g/mol. The molecule has 1 saturated heterocycles. The largest absolute Gasteiger partial charge is 0.444 e. The van der Waals surface area contributed by atoms with Gasteiger partial charge in [-0.05, 0) is 19.8 Å². The van der Waals surface area contributed by atoms with Crippen molar-refractivity contribution in [2.24, 2.45) is 4.99 Å². The van der Waals surface area contributed by atoms with Gasteiger partial charge in [0.15, 0.2) is 10.8 Å². The molecule has 3 aliphatic rings. The standard InChI is InChI=1S/C17H19N5OS2/c1-10-9-23-16(20-10)13-7-19-15(17-18-4-5-24-17)22-8-11(6-14(13)22)21-25-12-2-3-12/h4-5,9,11-12,21H,2-3,6-8H2,1H3. The van der Waals surface area contributed by atoms with Crippen molar-refractivity contribution in [3.05, 3.63) is 40.1 Å². The normalized spacial score (nSPS) is 23.2. The van der Waals surface area contributed by atoms with Gasteiger partial charge in [0.25, 0.3) is 0 Å². The third kappa shape index (κ3) is 3.02. The Labute approximate surface area is 154 Å². The number of aliphatic imine (C=N–C) groups is 1. The number of oxazole rings is 1. The minimum atomic E-state index is 0.412. The zero-order valence-corrected chi connectivity index (χ0v) is 15.6. The Hall–Kier alpha value is -1.64. The molecule has 2 aromatic rings. The summed E-state index contributed by atoms with van der Waals surface area (Å²) in [5.41, 5.74) is 3.28. The Morgan fingerprint density at radius 2 is 2.32 bits per heavy atom. The number of thiazole rings is 1. The van der Waals surface area contributed by atoms with E-state index in [0.29, 0.717) is 18.5 Å². The fourth-order valence-electron chi connectivity index (χ4n) is 3.23. The fraction of sp³-hybridized carbons (Fsp3) is 0.471. The van der Waals surface area contributed by atoms with Gasteiger partial charge >= 0.3 is 0 Å². The quantitative estimate of drug-likeness (QED) is 0.813. The molecule has 0 amide bonds. The Balaban J connectivity index is 1.46. The number of aryl methyl sites for hydroxylation is 1. The number of amidine groups is 1. The summed E-state index contributed by atoms with van der Waals surface area (Å²) in [7, 11) is 0. The molecule has 1 saturated carbocycles. The molecule has 130 valence electrons. The minimum absolute atomic E-state index is 0.412. The maximum atomic E-state index is 5.68. The zero-order valence-electron chi connectivity index (χ0n) is 13.9. The van der Waals surface area contributed by atoms with Gasteiger partial charge in [-0.3, -0.25) is 9.71 Å². The highest BCUT2D eigenvalue weighted by molar-refractivity contribution is 7.98. The summed E-state index contributed by atoms with van der Waals surface area (Å²) >= 11 is 3.53. The molecule has 2 fully saturated rings. The summed E-state index contributed by atoms with van der Waals surface area (Å²) in [6.45, 7) is 3.47. The predicted octanol–water partition coefficient (Wildman–Crippen LogP) is 3.09. The van der Waals surface area contributed by atoms with Gasteiger partial charge in [0.1, 0.15) is 6.26 Å². The number of fused-ring (bicyclic) bond motifs is 1. The molecule has 0 aromatic carbocycles. The third-order valence-electron chi connectivity index (χ3n) is 4.59. The second-order valence-corrected chi connectivity index (χ2v) is 8.68. The van der Waals surface area contributed by atoms with Crippen LogP contribution >= 0.6 is 23.3 Å². The highest BCUT2D eigenvalue weighted by Gasteiger charge is 2.37. The van der Waals surface area contributed by atoms with Crippen molar-refractivity contribution < 1.29 is 4.42 Å². The lowest BCUT2D eigenvalue weighted by atomic mass is 10.1. The van der Waals surface area contributed by atoms with Crippen LogP contribution in [0.2, 0.25) is 0 Å². The number of hydrogen-bond donors (Lipinski definition) is 1. The molecule has 1 N–H and O–H groups in total. The van der Waals surface area contributed by atoms with E-state index in [4.69, 9.17) is 9.41 Å². The molecule has 4 heterocycles. The van der Waals surface area contributed by atoms with Crippen molar-refractivity contribution in [3.63, 3.8) is 0 Å². The average molecular weight is 374 g/mol. The summed E-state index contributed by atoms with van der Waals surface area (Å²) in [6, 6.07) is 0.412. The van der Waals surface area contributed by atoms with E-state index in [1.54, 1.807) is 17.6 Å². The molecule has 1 unspecified atom stereocenters. The summed E-state index contributed by atoms with van der Waals surface area (Å²) in [5, 5.41) is 3.78. The first kappa shape index (κ1) is 15.6. The number of nitrogens with zero attached hydrogens (tertiary/aromatic N) is 4. The topological polar surface area (TPSA) is 66.6 Å². The SMILES string of the molecule is Cc1coc(C2=C3CC(NSC4CC4)CN3C(c3nccs3)=NC2)n1. The molecule has 25 heavy (non-hydrogen) atoms. The Kier molecular flexibility index (Phi) is 3.91. The number of hydrogen-bond acceptors (Lipinski definition) is 8. The van der Waals surface area contributed by atoms with Crippen LogP contribution in [0.3, 0.4) is 0 Å². The maximum Gasteiger partial charge on any atom is 0.225 e. The molecule has 6 nitrogen and oxygen atoms in total. The van der Waals surface area contributed by atoms with Crippen molar-refractivity contribution >= 4 is 34.7 Å². The van der Waals surface area contributed by atoms with Crippen LogP contribution in [0.1, 0.15) is 35.9 Å². The van der Waals surface area contributed by atoms with E-state index in [1.165, 1.54) is 18.5 Å². The predicted molar refractivity (Wildman–Crippen MR) is 101 cm³/mol. The van der Waals surface area contributed by atoms with Crippen LogP contribution in [0.15, 0.2) is 32.9 Å². The van der Waals surface area contributed by atoms with E-state index >= 15 is 0 Å². The summed E-state index contributed by atoms with van der Waals surface area (Å²) in [6.07, 6.45) is 7.20. The minimum Gasteiger partial charge on any atom is -0.444 e. The van der Waals surface area contributed by atoms with Gasteiger partial charge in [-0.15, -0.1) is 11.3 Å². The van der Waals surface area contributed by atoms with E-state index in [-0.39, 0.29) is 0 Å². The lowest BCUT2D eigenvalue weighted by molar-refractivity contribution is 0.522. The number of nitrogens with one attached hydrogen (secondary N) is 1. The highest BCUT2D eigenvalue weighted by atomic mass is 32.2. The molecule has 0 spiro atoms. The van der Waals surface area contributed by atoms with Crippen LogP contribution in [0.25, 0.3) is 5.57 Å². The fourth-order valence-corrected chi connectivity index (χ4v) is 4.79. The molecular weight excluding hydrogens is 354 g/mol. The highest BCUT2D eigenvalue weighted by Crippen LogP contribution is 2.37. The van der Waals surface area contributed by atoms with Gasteiger partial charge < -0.3 is 9.32 Å². The van der Waals surface area contributed by atoms with Gasteiger partial charge in [0.2, 0.25) is 5.89 Å². The zero-order chi connectivity index (χ0) is 16.8. The van der Waals surface area contributed by atoms with E-state index in [1.807, 2.05) is 30.4 Å². The molecule has 1 aliphatic carbocycles. The van der Waals surface area contributed by atoms with Crippen molar-refractivity contribution in [3.8, 4) is 0 Å². The maximum absolute atomic E-state index is 5.68. The Morgan fingerprint density at radius 1 is 1.40 bits per heavy atom. The Morgan fingerprint density at radius 3 is 3.04 bits per heavy atom. The Bertz CT molecular complexity index is 837. The molecule has 2 aromatic heterocycles. The molecule has 5 rings (SSSR count). The van der Waals surface area contributed by atoms with Crippen LogP contribution in [0, 0.1) is 6.92 Å².